The van der Waals surface area contributed by atoms with E-state index in [9.17, 15) is 4.79 Å². The number of furan rings is 1. The van der Waals surface area contributed by atoms with Crippen molar-refractivity contribution < 1.29 is 13.9 Å². The number of ether oxygens (including phenoxy) is 1. The van der Waals surface area contributed by atoms with Gasteiger partial charge in [0.05, 0.1) is 21.7 Å². The molecule has 0 fully saturated rings. The standard InChI is InChI=1S/C21H18ClN7O3/c22-12-1-2-14(25-8-12)10-31-15-5-3-13(4-6-15)27-21(30)17-11-32-19-7-18(20(28-23)29-24)26-9-16(17)19/h1-9,11H,10,23-24H2,(H,27,30)(H,28,29). The molecular formula is C21H18ClN7O3. The number of amides is 1. The number of halogens is 1. The number of hydrazone groups is 1. The molecule has 11 heteroatoms. The molecule has 0 aliphatic rings. The van der Waals surface area contributed by atoms with Crippen molar-refractivity contribution in [3.8, 4) is 5.75 Å². The highest BCUT2D eigenvalue weighted by Gasteiger charge is 2.16. The van der Waals surface area contributed by atoms with Crippen molar-refractivity contribution in [2.75, 3.05) is 5.32 Å². The number of pyridine rings is 2. The van der Waals surface area contributed by atoms with Crippen LogP contribution in [0.5, 0.6) is 5.75 Å². The molecule has 162 valence electrons. The largest absolute Gasteiger partial charge is 0.487 e. The third kappa shape index (κ3) is 4.61. The van der Waals surface area contributed by atoms with Gasteiger partial charge in [-0.15, -0.1) is 0 Å². The fourth-order valence-corrected chi connectivity index (χ4v) is 3.00. The Morgan fingerprint density at radius 1 is 1.16 bits per heavy atom. The van der Waals surface area contributed by atoms with Gasteiger partial charge in [-0.05, 0) is 36.4 Å². The molecule has 0 aliphatic heterocycles. The smallest absolute Gasteiger partial charge is 0.259 e. The summed E-state index contributed by atoms with van der Waals surface area (Å²) in [7, 11) is 0. The number of amidine groups is 1. The van der Waals surface area contributed by atoms with Gasteiger partial charge in [-0.25, -0.2) is 5.84 Å². The number of anilines is 1. The number of hydrogen-bond donors (Lipinski definition) is 4. The predicted molar refractivity (Wildman–Crippen MR) is 120 cm³/mol. The first kappa shape index (κ1) is 21.1. The third-order valence-electron chi connectivity index (χ3n) is 4.50. The maximum atomic E-state index is 12.7. The molecule has 10 nitrogen and oxygen atoms in total. The molecule has 32 heavy (non-hydrogen) atoms. The summed E-state index contributed by atoms with van der Waals surface area (Å²) in [5.74, 6) is 11.1. The predicted octanol–water partition coefficient (Wildman–Crippen LogP) is 2.79. The highest BCUT2D eigenvalue weighted by Crippen LogP contribution is 2.23. The number of carbonyl (C=O) groups excluding carboxylic acids is 1. The number of fused-ring (bicyclic) bond motifs is 1. The van der Waals surface area contributed by atoms with Crippen LogP contribution >= 0.6 is 11.6 Å². The van der Waals surface area contributed by atoms with E-state index < -0.39 is 0 Å². The normalized spacial score (nSPS) is 11.4. The molecule has 3 aromatic heterocycles. The van der Waals surface area contributed by atoms with Gasteiger partial charge in [0.1, 0.15) is 29.9 Å². The number of nitrogens with one attached hydrogen (secondary N) is 2. The molecule has 3 heterocycles. The Kier molecular flexibility index (Phi) is 6.15. The zero-order valence-corrected chi connectivity index (χ0v) is 17.3. The van der Waals surface area contributed by atoms with Crippen molar-refractivity contribution in [2.45, 2.75) is 6.61 Å². The first-order valence-electron chi connectivity index (χ1n) is 9.34. The lowest BCUT2D eigenvalue weighted by molar-refractivity contribution is 0.102. The number of nitrogens with zero attached hydrogens (tertiary/aromatic N) is 3. The summed E-state index contributed by atoms with van der Waals surface area (Å²) in [6.07, 6.45) is 4.42. The average Bonchev–Trinajstić information content (AvgIpc) is 3.24. The Morgan fingerprint density at radius 3 is 2.66 bits per heavy atom. The van der Waals surface area contributed by atoms with Crippen molar-refractivity contribution in [3.05, 3.63) is 83.1 Å². The third-order valence-corrected chi connectivity index (χ3v) is 4.72. The molecule has 6 N–H and O–H groups in total. The van der Waals surface area contributed by atoms with E-state index in [2.05, 4.69) is 25.8 Å². The lowest BCUT2D eigenvalue weighted by atomic mass is 10.2. The van der Waals surface area contributed by atoms with E-state index in [-0.39, 0.29) is 11.7 Å². The van der Waals surface area contributed by atoms with Gasteiger partial charge in [-0.1, -0.05) is 11.6 Å². The first-order chi connectivity index (χ1) is 15.6. The fourth-order valence-electron chi connectivity index (χ4n) is 2.89. The van der Waals surface area contributed by atoms with Crippen LogP contribution in [0.3, 0.4) is 0 Å². The molecule has 4 aromatic rings. The molecule has 1 amide bonds. The van der Waals surface area contributed by atoms with Gasteiger partial charge < -0.3 is 25.7 Å². The fraction of sp³-hybridized carbons (Fsp3) is 0.0476. The Balaban J connectivity index is 1.42. The van der Waals surface area contributed by atoms with E-state index in [1.54, 1.807) is 48.7 Å². The molecule has 0 atom stereocenters. The minimum atomic E-state index is -0.345. The molecule has 0 bridgehead atoms. The highest BCUT2D eigenvalue weighted by molar-refractivity contribution is 6.30. The average molecular weight is 452 g/mol. The summed E-state index contributed by atoms with van der Waals surface area (Å²) in [4.78, 5) is 21.1. The lowest BCUT2D eigenvalue weighted by Gasteiger charge is -2.08. The number of benzene rings is 1. The minimum Gasteiger partial charge on any atom is -0.487 e. The first-order valence-corrected chi connectivity index (χ1v) is 9.72. The van der Waals surface area contributed by atoms with E-state index in [1.165, 1.54) is 12.5 Å². The molecule has 0 radical (unpaired) electrons. The molecule has 4 rings (SSSR count). The van der Waals surface area contributed by atoms with Crippen LogP contribution < -0.4 is 27.2 Å². The summed E-state index contributed by atoms with van der Waals surface area (Å²) < 4.78 is 11.2. The van der Waals surface area contributed by atoms with Crippen LogP contribution in [-0.4, -0.2) is 21.7 Å². The molecule has 1 aromatic carbocycles. The summed E-state index contributed by atoms with van der Waals surface area (Å²) >= 11 is 5.82. The van der Waals surface area contributed by atoms with Gasteiger partial charge in [0.2, 0.25) is 0 Å². The van der Waals surface area contributed by atoms with E-state index in [0.717, 1.165) is 5.69 Å². The van der Waals surface area contributed by atoms with E-state index >= 15 is 0 Å². The van der Waals surface area contributed by atoms with Gasteiger partial charge in [0.25, 0.3) is 5.91 Å². The second-order valence-electron chi connectivity index (χ2n) is 6.57. The molecule has 0 spiro atoms. The SMILES string of the molecule is N/N=C(\NN)c1cc2occ(C(=O)Nc3ccc(OCc4ccc(Cl)cn4)cc3)c2cn1. The van der Waals surface area contributed by atoms with E-state index in [1.807, 2.05) is 0 Å². The second-order valence-corrected chi connectivity index (χ2v) is 7.01. The molecular weight excluding hydrogens is 434 g/mol. The van der Waals surface area contributed by atoms with Crippen molar-refractivity contribution in [1.29, 1.82) is 0 Å². The number of nitrogens with two attached hydrogens (primary N) is 2. The zero-order chi connectivity index (χ0) is 22.5. The van der Waals surface area contributed by atoms with Gasteiger partial charge in [0.15, 0.2) is 5.84 Å². The minimum absolute atomic E-state index is 0.184. The van der Waals surface area contributed by atoms with Crippen LogP contribution in [0.15, 0.2) is 70.6 Å². The van der Waals surface area contributed by atoms with Crippen LogP contribution in [0.1, 0.15) is 21.7 Å². The number of aromatic nitrogens is 2. The van der Waals surface area contributed by atoms with Crippen LogP contribution in [0.25, 0.3) is 11.0 Å². The lowest BCUT2D eigenvalue weighted by Crippen LogP contribution is -2.32. The Hall–Kier alpha value is -4.15. The van der Waals surface area contributed by atoms with E-state index in [0.29, 0.717) is 45.3 Å². The van der Waals surface area contributed by atoms with Crippen LogP contribution in [-0.2, 0) is 6.61 Å². The van der Waals surface area contributed by atoms with Crippen LogP contribution in [0.2, 0.25) is 5.02 Å². The number of hydrazine groups is 1. The van der Waals surface area contributed by atoms with Crippen molar-refractivity contribution in [2.24, 2.45) is 16.8 Å². The monoisotopic (exact) mass is 451 g/mol. The highest BCUT2D eigenvalue weighted by atomic mass is 35.5. The van der Waals surface area contributed by atoms with Crippen LogP contribution in [0, 0.1) is 0 Å². The van der Waals surface area contributed by atoms with Crippen molar-refractivity contribution >= 4 is 40.0 Å². The quantitative estimate of drug-likeness (QED) is 0.151. The number of rotatable bonds is 6. The van der Waals surface area contributed by atoms with Crippen molar-refractivity contribution in [3.63, 3.8) is 0 Å². The molecule has 0 aliphatic carbocycles. The number of hydrogen-bond acceptors (Lipinski definition) is 8. The summed E-state index contributed by atoms with van der Waals surface area (Å²) in [6, 6.07) is 12.1. The van der Waals surface area contributed by atoms with Gasteiger partial charge >= 0.3 is 0 Å². The summed E-state index contributed by atoms with van der Waals surface area (Å²) in [5.41, 5.74) is 4.84. The Morgan fingerprint density at radius 2 is 1.97 bits per heavy atom. The summed E-state index contributed by atoms with van der Waals surface area (Å²) in [6.45, 7) is 0.301. The Bertz CT molecular complexity index is 1270. The van der Waals surface area contributed by atoms with Crippen molar-refractivity contribution in [1.82, 2.24) is 15.4 Å². The Labute approximate surface area is 187 Å². The molecule has 0 saturated heterocycles. The van der Waals surface area contributed by atoms with E-state index in [4.69, 9.17) is 32.4 Å². The number of carbonyl (C=O) groups is 1. The summed E-state index contributed by atoms with van der Waals surface area (Å²) in [5, 5.41) is 7.42. The van der Waals surface area contributed by atoms with Crippen LogP contribution in [0.4, 0.5) is 5.69 Å². The second kappa shape index (κ2) is 9.33. The topological polar surface area (TPSA) is 154 Å². The zero-order valence-electron chi connectivity index (χ0n) is 16.6. The maximum Gasteiger partial charge on any atom is 0.259 e. The maximum absolute atomic E-state index is 12.7. The van der Waals surface area contributed by atoms with Gasteiger partial charge in [-0.2, -0.15) is 5.10 Å². The molecule has 0 unspecified atom stereocenters. The van der Waals surface area contributed by atoms with Gasteiger partial charge in [-0.3, -0.25) is 14.8 Å². The van der Waals surface area contributed by atoms with Gasteiger partial charge in [0, 0.05) is 24.1 Å². The molecule has 0 saturated carbocycles.